The van der Waals surface area contributed by atoms with Gasteiger partial charge in [0.1, 0.15) is 0 Å². The van der Waals surface area contributed by atoms with Crippen molar-refractivity contribution in [2.45, 2.75) is 0 Å². The quantitative estimate of drug-likeness (QED) is 0.584. The molecule has 0 bridgehead atoms. The first-order valence-corrected chi connectivity index (χ1v) is 6.45. The van der Waals surface area contributed by atoms with E-state index in [1.165, 1.54) is 16.5 Å². The summed E-state index contributed by atoms with van der Waals surface area (Å²) in [5.74, 6) is -0.929. The van der Waals surface area contributed by atoms with Gasteiger partial charge in [0, 0.05) is 16.7 Å². The first-order chi connectivity index (χ1) is 9.58. The van der Waals surface area contributed by atoms with Crippen molar-refractivity contribution in [1.29, 1.82) is 0 Å². The summed E-state index contributed by atoms with van der Waals surface area (Å²) in [6.45, 7) is 0. The molecular formula is C14H8Cl2NO3+. The third-order valence-corrected chi connectivity index (χ3v) is 3.42. The van der Waals surface area contributed by atoms with E-state index in [1.807, 2.05) is 0 Å². The second kappa shape index (κ2) is 4.81. The van der Waals surface area contributed by atoms with Gasteiger partial charge in [0.15, 0.2) is 6.20 Å². The number of pyridine rings is 1. The fourth-order valence-electron chi connectivity index (χ4n) is 1.95. The second-order valence-electron chi connectivity index (χ2n) is 4.12. The minimum Gasteiger partial charge on any atom is -0.476 e. The number of ketones is 1. The minimum absolute atomic E-state index is 0.00441. The molecule has 0 radical (unpaired) electrons. The molecule has 6 heteroatoms. The van der Waals surface area contributed by atoms with Crippen molar-refractivity contribution in [3.63, 3.8) is 0 Å². The SMILES string of the molecule is O=C(c1cc(Cl)ccc1Cl)c1c(O)oc2cccc[n+]12. The summed E-state index contributed by atoms with van der Waals surface area (Å²) in [5.41, 5.74) is 0.560. The van der Waals surface area contributed by atoms with Crippen LogP contribution in [0.2, 0.25) is 10.0 Å². The highest BCUT2D eigenvalue weighted by Gasteiger charge is 2.31. The Morgan fingerprint density at radius 1 is 1.20 bits per heavy atom. The van der Waals surface area contributed by atoms with Gasteiger partial charge < -0.3 is 9.52 Å². The van der Waals surface area contributed by atoms with Crippen LogP contribution in [0, 0.1) is 0 Å². The van der Waals surface area contributed by atoms with Crippen molar-refractivity contribution in [2.75, 3.05) is 0 Å². The van der Waals surface area contributed by atoms with Crippen molar-refractivity contribution in [3.8, 4) is 5.95 Å². The van der Waals surface area contributed by atoms with Gasteiger partial charge in [0.2, 0.25) is 0 Å². The molecule has 0 aliphatic heterocycles. The van der Waals surface area contributed by atoms with E-state index < -0.39 is 11.7 Å². The van der Waals surface area contributed by atoms with Gasteiger partial charge >= 0.3 is 17.4 Å². The smallest absolute Gasteiger partial charge is 0.382 e. The minimum atomic E-state index is -0.468. The fraction of sp³-hybridized carbons (Fsp3) is 0. The molecule has 0 saturated carbocycles. The Bertz CT molecular complexity index is 826. The highest BCUT2D eigenvalue weighted by atomic mass is 35.5. The number of benzene rings is 1. The molecule has 0 unspecified atom stereocenters. The lowest BCUT2D eigenvalue weighted by Gasteiger charge is -2.00. The normalized spacial score (nSPS) is 10.9. The Balaban J connectivity index is 2.22. The van der Waals surface area contributed by atoms with Crippen LogP contribution in [0.15, 0.2) is 47.0 Å². The predicted molar refractivity (Wildman–Crippen MR) is 73.4 cm³/mol. The van der Waals surface area contributed by atoms with Crippen LogP contribution in [0.1, 0.15) is 16.1 Å². The van der Waals surface area contributed by atoms with Crippen LogP contribution < -0.4 is 4.40 Å². The summed E-state index contributed by atoms with van der Waals surface area (Å²) >= 11 is 11.9. The molecule has 3 rings (SSSR count). The highest BCUT2D eigenvalue weighted by Crippen LogP contribution is 2.26. The number of rotatable bonds is 2. The van der Waals surface area contributed by atoms with Crippen molar-refractivity contribution in [2.24, 2.45) is 0 Å². The van der Waals surface area contributed by atoms with Gasteiger partial charge in [-0.25, -0.2) is 0 Å². The average molecular weight is 309 g/mol. The molecule has 0 aliphatic rings. The lowest BCUT2D eigenvalue weighted by atomic mass is 10.1. The Morgan fingerprint density at radius 2 is 2.00 bits per heavy atom. The number of hydrogen-bond donors (Lipinski definition) is 1. The number of hydrogen-bond acceptors (Lipinski definition) is 3. The fourth-order valence-corrected chi connectivity index (χ4v) is 2.33. The van der Waals surface area contributed by atoms with Crippen LogP contribution in [0.25, 0.3) is 5.71 Å². The molecule has 0 spiro atoms. The molecule has 0 fully saturated rings. The molecule has 2 heterocycles. The lowest BCUT2D eigenvalue weighted by Crippen LogP contribution is -2.27. The number of aromatic hydroxyl groups is 1. The molecular weight excluding hydrogens is 301 g/mol. The summed E-state index contributed by atoms with van der Waals surface area (Å²) in [7, 11) is 0. The van der Waals surface area contributed by atoms with Gasteiger partial charge in [-0.15, -0.1) is 4.40 Å². The standard InChI is InChI=1S/C14H7Cl2NO3/c15-8-4-5-10(16)9(7-8)13(18)12-14(19)20-11-3-1-2-6-17(11)12/h1-7H/p+1. The number of aromatic nitrogens is 1. The molecule has 1 N–H and O–H groups in total. The molecule has 0 amide bonds. The Labute approximate surface area is 123 Å². The topological polar surface area (TPSA) is 54.5 Å². The zero-order valence-corrected chi connectivity index (χ0v) is 11.5. The molecule has 20 heavy (non-hydrogen) atoms. The maximum atomic E-state index is 12.5. The second-order valence-corrected chi connectivity index (χ2v) is 4.96. The van der Waals surface area contributed by atoms with Crippen molar-refractivity contribution >= 4 is 34.7 Å². The number of carbonyl (C=O) groups is 1. The van der Waals surface area contributed by atoms with Crippen molar-refractivity contribution < 1.29 is 18.7 Å². The molecule has 100 valence electrons. The molecule has 2 aromatic heterocycles. The first-order valence-electron chi connectivity index (χ1n) is 5.70. The zero-order valence-electron chi connectivity index (χ0n) is 10.0. The van der Waals surface area contributed by atoms with E-state index in [2.05, 4.69) is 0 Å². The summed E-state index contributed by atoms with van der Waals surface area (Å²) < 4.78 is 6.59. The molecule has 0 atom stereocenters. The van der Waals surface area contributed by atoms with E-state index in [0.717, 1.165) is 0 Å². The molecule has 4 nitrogen and oxygen atoms in total. The van der Waals surface area contributed by atoms with Crippen LogP contribution in [0.3, 0.4) is 0 Å². The Kier molecular flexibility index (Phi) is 3.12. The zero-order chi connectivity index (χ0) is 14.3. The maximum absolute atomic E-state index is 12.5. The summed E-state index contributed by atoms with van der Waals surface area (Å²) in [6, 6.07) is 9.66. The highest BCUT2D eigenvalue weighted by molar-refractivity contribution is 6.36. The van der Waals surface area contributed by atoms with Crippen LogP contribution >= 0.6 is 23.2 Å². The van der Waals surface area contributed by atoms with E-state index in [0.29, 0.717) is 10.7 Å². The Morgan fingerprint density at radius 3 is 2.80 bits per heavy atom. The third kappa shape index (κ3) is 2.03. The predicted octanol–water partition coefficient (Wildman–Crippen LogP) is 3.26. The van der Waals surface area contributed by atoms with Gasteiger partial charge in [-0.05, 0) is 24.3 Å². The van der Waals surface area contributed by atoms with Gasteiger partial charge in [-0.3, -0.25) is 4.79 Å². The average Bonchev–Trinajstić information content (AvgIpc) is 2.76. The summed E-state index contributed by atoms with van der Waals surface area (Å²) in [5, 5.41) is 10.5. The number of fused-ring (bicyclic) bond motifs is 1. The van der Waals surface area contributed by atoms with Crippen molar-refractivity contribution in [1.82, 2.24) is 0 Å². The number of nitrogens with zero attached hydrogens (tertiary/aromatic N) is 1. The van der Waals surface area contributed by atoms with Gasteiger partial charge in [0.25, 0.3) is 5.78 Å². The third-order valence-electron chi connectivity index (χ3n) is 2.86. The van der Waals surface area contributed by atoms with Crippen molar-refractivity contribution in [3.05, 3.63) is 63.9 Å². The van der Waals surface area contributed by atoms with E-state index in [4.69, 9.17) is 27.6 Å². The van der Waals surface area contributed by atoms with Gasteiger partial charge in [0.05, 0.1) is 11.1 Å². The molecule has 0 saturated heterocycles. The molecule has 0 aliphatic carbocycles. The Hall–Kier alpha value is -2.04. The lowest BCUT2D eigenvalue weighted by molar-refractivity contribution is -0.516. The monoisotopic (exact) mass is 308 g/mol. The van der Waals surface area contributed by atoms with E-state index >= 15 is 0 Å². The van der Waals surface area contributed by atoms with Crippen LogP contribution in [0.4, 0.5) is 0 Å². The maximum Gasteiger partial charge on any atom is 0.382 e. The number of halogens is 2. The van der Waals surface area contributed by atoms with E-state index in [9.17, 15) is 9.90 Å². The van der Waals surface area contributed by atoms with Gasteiger partial charge in [-0.2, -0.15) is 0 Å². The first kappa shape index (κ1) is 13.0. The largest absolute Gasteiger partial charge is 0.476 e. The number of carbonyl (C=O) groups excluding carboxylic acids is 1. The summed E-state index contributed by atoms with van der Waals surface area (Å²) in [6.07, 6.45) is 1.62. The van der Waals surface area contributed by atoms with Crippen LogP contribution in [-0.2, 0) is 0 Å². The number of oxazole rings is 1. The molecule has 3 aromatic rings. The van der Waals surface area contributed by atoms with E-state index in [1.54, 1.807) is 30.5 Å². The van der Waals surface area contributed by atoms with E-state index in [-0.39, 0.29) is 16.3 Å². The molecule has 1 aromatic carbocycles. The van der Waals surface area contributed by atoms with Gasteiger partial charge in [-0.1, -0.05) is 23.2 Å². The van der Waals surface area contributed by atoms with Crippen LogP contribution in [0.5, 0.6) is 5.95 Å². The summed E-state index contributed by atoms with van der Waals surface area (Å²) in [4.78, 5) is 12.5. The van der Waals surface area contributed by atoms with Crippen LogP contribution in [-0.4, -0.2) is 10.9 Å².